The van der Waals surface area contributed by atoms with Crippen LogP contribution in [0.25, 0.3) is 0 Å². The molecule has 0 saturated carbocycles. The Bertz CT molecular complexity index is 675. The van der Waals surface area contributed by atoms with Gasteiger partial charge in [-0.1, -0.05) is 12.1 Å². The molecule has 0 aliphatic rings. The highest BCUT2D eigenvalue weighted by Crippen LogP contribution is 2.17. The number of ether oxygens (including phenoxy) is 1. The van der Waals surface area contributed by atoms with Crippen LogP contribution in [0.3, 0.4) is 0 Å². The van der Waals surface area contributed by atoms with Crippen LogP contribution < -0.4 is 15.8 Å². The van der Waals surface area contributed by atoms with Crippen LogP contribution in [0, 0.1) is 11.6 Å². The summed E-state index contributed by atoms with van der Waals surface area (Å²) in [5, 5.41) is 2.54. The van der Waals surface area contributed by atoms with E-state index < -0.39 is 17.5 Å². The molecule has 21 heavy (non-hydrogen) atoms. The molecule has 0 spiro atoms. The summed E-state index contributed by atoms with van der Waals surface area (Å²) in [5.41, 5.74) is 5.55. The minimum absolute atomic E-state index is 0.187. The molecule has 0 unspecified atom stereocenters. The third-order valence-electron chi connectivity index (χ3n) is 2.92. The average molecular weight is 292 g/mol. The molecule has 0 heterocycles. The van der Waals surface area contributed by atoms with Gasteiger partial charge in [0.1, 0.15) is 17.4 Å². The first-order valence-corrected chi connectivity index (χ1v) is 6.17. The van der Waals surface area contributed by atoms with Gasteiger partial charge in [-0.3, -0.25) is 4.79 Å². The van der Waals surface area contributed by atoms with Crippen LogP contribution >= 0.6 is 0 Å². The van der Waals surface area contributed by atoms with E-state index in [1.165, 1.54) is 7.11 Å². The SMILES string of the molecule is COc1cccc(CNC(=O)c2cc(N)c(F)cc2F)c1. The number of benzene rings is 2. The normalized spacial score (nSPS) is 10.2. The van der Waals surface area contributed by atoms with Gasteiger partial charge in [0.15, 0.2) is 0 Å². The number of amides is 1. The maximum absolute atomic E-state index is 13.5. The van der Waals surface area contributed by atoms with E-state index in [1.54, 1.807) is 24.3 Å². The number of carbonyl (C=O) groups is 1. The summed E-state index contributed by atoms with van der Waals surface area (Å²) < 4.78 is 31.7. The fourth-order valence-corrected chi connectivity index (χ4v) is 1.80. The van der Waals surface area contributed by atoms with Crippen LogP contribution in [0.5, 0.6) is 5.75 Å². The first kappa shape index (κ1) is 14.8. The first-order valence-electron chi connectivity index (χ1n) is 6.17. The molecule has 0 fully saturated rings. The molecule has 2 aromatic carbocycles. The van der Waals surface area contributed by atoms with Gasteiger partial charge in [-0.05, 0) is 23.8 Å². The van der Waals surface area contributed by atoms with Gasteiger partial charge < -0.3 is 15.8 Å². The zero-order valence-corrected chi connectivity index (χ0v) is 11.3. The van der Waals surface area contributed by atoms with Gasteiger partial charge in [-0.15, -0.1) is 0 Å². The molecule has 0 aliphatic heterocycles. The molecular weight excluding hydrogens is 278 g/mol. The van der Waals surface area contributed by atoms with Gasteiger partial charge >= 0.3 is 0 Å². The highest BCUT2D eigenvalue weighted by molar-refractivity contribution is 5.95. The number of carbonyl (C=O) groups excluding carboxylic acids is 1. The summed E-state index contributed by atoms with van der Waals surface area (Å²) in [7, 11) is 1.54. The number of methoxy groups -OCH3 is 1. The summed E-state index contributed by atoms with van der Waals surface area (Å²) >= 11 is 0. The Morgan fingerprint density at radius 2 is 2.00 bits per heavy atom. The lowest BCUT2D eigenvalue weighted by molar-refractivity contribution is 0.0947. The second kappa shape index (κ2) is 6.21. The number of nitrogens with one attached hydrogen (secondary N) is 1. The van der Waals surface area contributed by atoms with E-state index in [2.05, 4.69) is 5.32 Å². The van der Waals surface area contributed by atoms with Gasteiger partial charge in [0.25, 0.3) is 5.91 Å². The second-order valence-corrected chi connectivity index (χ2v) is 4.39. The van der Waals surface area contributed by atoms with Crippen LogP contribution in [0.15, 0.2) is 36.4 Å². The molecule has 0 aliphatic carbocycles. The third-order valence-corrected chi connectivity index (χ3v) is 2.92. The molecule has 4 nitrogen and oxygen atoms in total. The standard InChI is InChI=1S/C15H14F2N2O2/c1-21-10-4-2-3-9(5-10)8-19-15(20)11-6-14(18)13(17)7-12(11)16/h2-7H,8,18H2,1H3,(H,19,20). The molecular formula is C15H14F2N2O2. The Hall–Kier alpha value is -2.63. The number of anilines is 1. The molecule has 2 aromatic rings. The summed E-state index contributed by atoms with van der Waals surface area (Å²) in [5.74, 6) is -1.86. The van der Waals surface area contributed by atoms with Crippen molar-refractivity contribution in [3.05, 3.63) is 59.2 Å². The van der Waals surface area contributed by atoms with Crippen molar-refractivity contribution in [2.24, 2.45) is 0 Å². The highest BCUT2D eigenvalue weighted by atomic mass is 19.1. The molecule has 0 saturated heterocycles. The Morgan fingerprint density at radius 1 is 1.24 bits per heavy atom. The number of hydrogen-bond acceptors (Lipinski definition) is 3. The predicted molar refractivity (Wildman–Crippen MR) is 74.9 cm³/mol. The van der Waals surface area contributed by atoms with Gasteiger partial charge in [0, 0.05) is 12.6 Å². The average Bonchev–Trinajstić information content (AvgIpc) is 2.48. The first-order chi connectivity index (χ1) is 10.0. The Kier molecular flexibility index (Phi) is 4.37. The molecule has 3 N–H and O–H groups in total. The van der Waals surface area contributed by atoms with E-state index in [9.17, 15) is 13.6 Å². The second-order valence-electron chi connectivity index (χ2n) is 4.39. The van der Waals surface area contributed by atoms with Crippen molar-refractivity contribution in [2.45, 2.75) is 6.54 Å². The molecule has 0 atom stereocenters. The van der Waals surface area contributed by atoms with Gasteiger partial charge in [-0.2, -0.15) is 0 Å². The van der Waals surface area contributed by atoms with E-state index in [4.69, 9.17) is 10.5 Å². The highest BCUT2D eigenvalue weighted by Gasteiger charge is 2.14. The van der Waals surface area contributed by atoms with Gasteiger partial charge in [0.05, 0.1) is 18.4 Å². The molecule has 0 radical (unpaired) electrons. The van der Waals surface area contributed by atoms with E-state index in [0.717, 1.165) is 11.6 Å². The lowest BCUT2D eigenvalue weighted by Gasteiger charge is -2.08. The van der Waals surface area contributed by atoms with Gasteiger partial charge in [-0.25, -0.2) is 8.78 Å². The Balaban J connectivity index is 2.10. The fourth-order valence-electron chi connectivity index (χ4n) is 1.80. The smallest absolute Gasteiger partial charge is 0.254 e. The van der Waals surface area contributed by atoms with E-state index >= 15 is 0 Å². The topological polar surface area (TPSA) is 64.3 Å². The van der Waals surface area contributed by atoms with Crippen LogP contribution in [0.2, 0.25) is 0 Å². The van der Waals surface area contributed by atoms with Crippen LogP contribution in [0.4, 0.5) is 14.5 Å². The number of hydrogen-bond donors (Lipinski definition) is 2. The van der Waals surface area contributed by atoms with Crippen LogP contribution in [-0.4, -0.2) is 13.0 Å². The summed E-state index contributed by atoms with van der Waals surface area (Å²) in [4.78, 5) is 11.9. The van der Waals surface area contributed by atoms with Crippen molar-refractivity contribution >= 4 is 11.6 Å². The van der Waals surface area contributed by atoms with Crippen molar-refractivity contribution in [2.75, 3.05) is 12.8 Å². The quantitative estimate of drug-likeness (QED) is 0.851. The number of nitrogen functional groups attached to an aromatic ring is 1. The number of rotatable bonds is 4. The van der Waals surface area contributed by atoms with Crippen LogP contribution in [0.1, 0.15) is 15.9 Å². The number of nitrogens with two attached hydrogens (primary N) is 1. The third kappa shape index (κ3) is 3.47. The predicted octanol–water partition coefficient (Wildman–Crippen LogP) is 2.49. The van der Waals surface area contributed by atoms with E-state index in [-0.39, 0.29) is 17.8 Å². The minimum atomic E-state index is -0.954. The fraction of sp³-hybridized carbons (Fsp3) is 0.133. The summed E-state index contributed by atoms with van der Waals surface area (Å²) in [6.07, 6.45) is 0. The van der Waals surface area contributed by atoms with Crippen LogP contribution in [-0.2, 0) is 6.54 Å². The molecule has 1 amide bonds. The van der Waals surface area contributed by atoms with E-state index in [1.807, 2.05) is 0 Å². The Morgan fingerprint density at radius 3 is 2.71 bits per heavy atom. The van der Waals surface area contributed by atoms with Crippen molar-refractivity contribution in [3.8, 4) is 5.75 Å². The minimum Gasteiger partial charge on any atom is -0.497 e. The Labute approximate surface area is 120 Å². The van der Waals surface area contributed by atoms with Crippen molar-refractivity contribution in [1.82, 2.24) is 5.32 Å². The molecule has 110 valence electrons. The summed E-state index contributed by atoms with van der Waals surface area (Å²) in [6, 6.07) is 8.65. The summed E-state index contributed by atoms with van der Waals surface area (Å²) in [6.45, 7) is 0.187. The maximum atomic E-state index is 13.5. The number of halogens is 2. The monoisotopic (exact) mass is 292 g/mol. The van der Waals surface area contributed by atoms with Crippen molar-refractivity contribution < 1.29 is 18.3 Å². The van der Waals surface area contributed by atoms with Crippen molar-refractivity contribution in [1.29, 1.82) is 0 Å². The molecule has 0 aromatic heterocycles. The van der Waals surface area contributed by atoms with E-state index in [0.29, 0.717) is 11.8 Å². The molecule has 0 bridgehead atoms. The maximum Gasteiger partial charge on any atom is 0.254 e. The molecule has 2 rings (SSSR count). The van der Waals surface area contributed by atoms with Gasteiger partial charge in [0.2, 0.25) is 0 Å². The lowest BCUT2D eigenvalue weighted by atomic mass is 10.1. The zero-order chi connectivity index (χ0) is 15.4. The molecule has 6 heteroatoms. The largest absolute Gasteiger partial charge is 0.497 e. The lowest BCUT2D eigenvalue weighted by Crippen LogP contribution is -2.24. The van der Waals surface area contributed by atoms with Crippen molar-refractivity contribution in [3.63, 3.8) is 0 Å². The zero-order valence-electron chi connectivity index (χ0n) is 11.3.